The maximum absolute atomic E-state index is 13.5. The Morgan fingerprint density at radius 2 is 2.00 bits per heavy atom. The molecule has 2 amide bonds. The molecule has 4 atom stereocenters. The number of aromatic amines is 1. The van der Waals surface area contributed by atoms with Gasteiger partial charge in [0.2, 0.25) is 11.8 Å². The second-order valence-corrected chi connectivity index (χ2v) is 10.4. The molecule has 42 heavy (non-hydrogen) atoms. The number of nitrogens with one attached hydrogen (secondary N) is 2. The third-order valence-electron chi connectivity index (χ3n) is 7.82. The minimum atomic E-state index is -1.21. The Labute approximate surface area is 243 Å². The van der Waals surface area contributed by atoms with Gasteiger partial charge in [-0.05, 0) is 35.7 Å². The summed E-state index contributed by atoms with van der Waals surface area (Å²) >= 11 is 0. The molecular formula is C31H35N3O8. The van der Waals surface area contributed by atoms with Crippen molar-refractivity contribution >= 4 is 29.0 Å². The highest BCUT2D eigenvalue weighted by Gasteiger charge is 2.51. The Balaban J connectivity index is 1.53. The molecule has 11 nitrogen and oxygen atoms in total. The minimum absolute atomic E-state index is 0.0169. The van der Waals surface area contributed by atoms with Gasteiger partial charge in [-0.15, -0.1) is 0 Å². The predicted molar refractivity (Wildman–Crippen MR) is 154 cm³/mol. The van der Waals surface area contributed by atoms with Gasteiger partial charge in [0.25, 0.3) is 0 Å². The zero-order valence-corrected chi connectivity index (χ0v) is 23.5. The normalized spacial score (nSPS) is 20.7. The quantitative estimate of drug-likeness (QED) is 0.238. The fourth-order valence-corrected chi connectivity index (χ4v) is 5.84. The largest absolute Gasteiger partial charge is 0.493 e. The Kier molecular flexibility index (Phi) is 8.91. The molecular weight excluding hydrogens is 542 g/mol. The van der Waals surface area contributed by atoms with Crippen LogP contribution >= 0.6 is 0 Å². The summed E-state index contributed by atoms with van der Waals surface area (Å²) in [6.45, 7) is 0.199. The molecule has 2 heterocycles. The summed E-state index contributed by atoms with van der Waals surface area (Å²) in [5.41, 5.74) is 3.02. The van der Waals surface area contributed by atoms with E-state index in [0.29, 0.717) is 35.3 Å². The van der Waals surface area contributed by atoms with Crippen molar-refractivity contribution in [3.63, 3.8) is 0 Å². The smallest absolute Gasteiger partial charge is 0.247 e. The Morgan fingerprint density at radius 1 is 1.19 bits per heavy atom. The van der Waals surface area contributed by atoms with Crippen molar-refractivity contribution in [3.05, 3.63) is 70.9 Å². The van der Waals surface area contributed by atoms with Gasteiger partial charge in [0.15, 0.2) is 11.5 Å². The summed E-state index contributed by atoms with van der Waals surface area (Å²) < 4.78 is 16.9. The molecule has 4 unspecified atom stereocenters. The molecule has 4 N–H and O–H groups in total. The van der Waals surface area contributed by atoms with E-state index in [9.17, 15) is 24.6 Å². The molecule has 3 aromatic rings. The van der Waals surface area contributed by atoms with Crippen LogP contribution in [0.5, 0.6) is 11.5 Å². The second-order valence-electron chi connectivity index (χ2n) is 10.4. The lowest BCUT2D eigenvalue weighted by atomic mass is 9.77. The molecule has 0 spiro atoms. The molecule has 0 fully saturated rings. The molecule has 0 saturated carbocycles. The highest BCUT2D eigenvalue weighted by molar-refractivity contribution is 5.96. The van der Waals surface area contributed by atoms with Gasteiger partial charge in [-0.2, -0.15) is 0 Å². The zero-order chi connectivity index (χ0) is 29.8. The first-order valence-electron chi connectivity index (χ1n) is 13.9. The van der Waals surface area contributed by atoms with Crippen LogP contribution in [0, 0.1) is 0 Å². The van der Waals surface area contributed by atoms with Crippen LogP contribution in [0.2, 0.25) is 0 Å². The summed E-state index contributed by atoms with van der Waals surface area (Å²) in [5.74, 6) is -0.826. The lowest BCUT2D eigenvalue weighted by Gasteiger charge is -2.40. The van der Waals surface area contributed by atoms with Crippen LogP contribution < -0.4 is 14.8 Å². The van der Waals surface area contributed by atoms with Gasteiger partial charge in [0.05, 0.1) is 38.7 Å². The monoisotopic (exact) mass is 577 g/mol. The van der Waals surface area contributed by atoms with Gasteiger partial charge >= 0.3 is 0 Å². The van der Waals surface area contributed by atoms with Crippen LogP contribution in [0.15, 0.2) is 54.1 Å². The van der Waals surface area contributed by atoms with E-state index in [4.69, 9.17) is 14.2 Å². The predicted octanol–water partition coefficient (Wildman–Crippen LogP) is 1.72. The number of benzene rings is 2. The fourth-order valence-electron chi connectivity index (χ4n) is 5.84. The molecule has 2 aromatic carbocycles. The molecule has 1 aliphatic heterocycles. The number of rotatable bonds is 12. The topological polar surface area (TPSA) is 150 Å². The highest BCUT2D eigenvalue weighted by Crippen LogP contribution is 2.51. The van der Waals surface area contributed by atoms with E-state index >= 15 is 0 Å². The molecule has 1 aliphatic carbocycles. The molecule has 0 bridgehead atoms. The number of hydrogen-bond acceptors (Lipinski definition) is 8. The number of aliphatic hydroxyl groups excluding tert-OH is 2. The Hall–Kier alpha value is -4.19. The highest BCUT2D eigenvalue weighted by atomic mass is 16.5. The lowest BCUT2D eigenvalue weighted by molar-refractivity contribution is -0.138. The van der Waals surface area contributed by atoms with Crippen molar-refractivity contribution in [2.24, 2.45) is 0 Å². The molecule has 1 aromatic heterocycles. The van der Waals surface area contributed by atoms with E-state index in [0.717, 1.165) is 16.6 Å². The number of hydrogen-bond donors (Lipinski definition) is 4. The van der Waals surface area contributed by atoms with Crippen molar-refractivity contribution in [1.82, 2.24) is 15.2 Å². The lowest BCUT2D eigenvalue weighted by Crippen LogP contribution is -2.56. The third-order valence-corrected chi connectivity index (χ3v) is 7.82. The fraction of sp³-hybridized carbons (Fsp3) is 0.387. The molecule has 222 valence electrons. The molecule has 0 radical (unpaired) electrons. The molecule has 11 heteroatoms. The average Bonchev–Trinajstić information content (AvgIpc) is 3.61. The van der Waals surface area contributed by atoms with E-state index < -0.39 is 30.1 Å². The number of aromatic nitrogens is 1. The molecule has 0 saturated heterocycles. The number of amides is 2. The number of nitrogens with zero attached hydrogens (tertiary/aromatic N) is 1. The van der Waals surface area contributed by atoms with E-state index in [1.807, 2.05) is 30.3 Å². The average molecular weight is 578 g/mol. The number of methoxy groups -OCH3 is 2. The number of para-hydroxylation sites is 1. The van der Waals surface area contributed by atoms with Crippen LogP contribution in [-0.2, 0) is 20.7 Å². The van der Waals surface area contributed by atoms with Crippen LogP contribution in [0.25, 0.3) is 10.9 Å². The van der Waals surface area contributed by atoms with Crippen molar-refractivity contribution in [2.75, 3.05) is 40.5 Å². The maximum atomic E-state index is 13.5. The number of aliphatic hydroxyl groups is 2. The van der Waals surface area contributed by atoms with Gasteiger partial charge in [0, 0.05) is 54.5 Å². The first-order chi connectivity index (χ1) is 20.4. The standard InChI is InChI=1S/C31H35N3O8/c1-40-12-8-26(37)34(10-7-20-15-19-5-3-4-6-23(19)33-20)24-16-22(31(39)32-9-11-35)27-21-13-18(17-36)14-25(41-2)29(21)42-30(27)28(24)38/h3-6,13-17,24,27-28,30,33,35,38H,7-12H2,1-2H3,(H,32,39). The summed E-state index contributed by atoms with van der Waals surface area (Å²) in [7, 11) is 2.95. The van der Waals surface area contributed by atoms with Crippen LogP contribution in [-0.4, -0.2) is 97.0 Å². The minimum Gasteiger partial charge on any atom is -0.493 e. The van der Waals surface area contributed by atoms with Crippen molar-refractivity contribution in [2.45, 2.75) is 37.0 Å². The number of carbonyl (C=O) groups excluding carboxylic acids is 3. The third kappa shape index (κ3) is 5.63. The van der Waals surface area contributed by atoms with E-state index in [1.165, 1.54) is 20.3 Å². The first kappa shape index (κ1) is 29.3. The van der Waals surface area contributed by atoms with E-state index in [1.54, 1.807) is 17.0 Å². The van der Waals surface area contributed by atoms with Crippen LogP contribution in [0.1, 0.15) is 34.0 Å². The molecule has 2 aliphatic rings. The van der Waals surface area contributed by atoms with Gasteiger partial charge in [-0.3, -0.25) is 14.4 Å². The maximum Gasteiger partial charge on any atom is 0.247 e. The number of H-pyrrole nitrogens is 1. The Bertz CT molecular complexity index is 1470. The molecule has 5 rings (SSSR count). The van der Waals surface area contributed by atoms with Crippen molar-refractivity contribution < 1.29 is 38.8 Å². The van der Waals surface area contributed by atoms with Gasteiger partial charge in [0.1, 0.15) is 18.5 Å². The summed E-state index contributed by atoms with van der Waals surface area (Å²) in [4.78, 5) is 43.6. The number of ether oxygens (including phenoxy) is 3. The van der Waals surface area contributed by atoms with Crippen LogP contribution in [0.3, 0.4) is 0 Å². The summed E-state index contributed by atoms with van der Waals surface area (Å²) in [5, 5.41) is 24.8. The van der Waals surface area contributed by atoms with Crippen molar-refractivity contribution in [3.8, 4) is 11.5 Å². The summed E-state index contributed by atoms with van der Waals surface area (Å²) in [6, 6.07) is 12.1. The number of fused-ring (bicyclic) bond motifs is 4. The van der Waals surface area contributed by atoms with Crippen molar-refractivity contribution in [1.29, 1.82) is 0 Å². The second kappa shape index (κ2) is 12.8. The van der Waals surface area contributed by atoms with Crippen LogP contribution in [0.4, 0.5) is 0 Å². The summed E-state index contributed by atoms with van der Waals surface area (Å²) in [6.07, 6.45) is 0.683. The Morgan fingerprint density at radius 3 is 2.71 bits per heavy atom. The van der Waals surface area contributed by atoms with Gasteiger partial charge < -0.3 is 39.6 Å². The SMILES string of the molecule is COCCC(=O)N(CCc1cc2ccccc2[nH]1)C1C=C(C(=O)NCCO)C2c3cc(C=O)cc(OC)c3OC2C1O. The van der Waals surface area contributed by atoms with E-state index in [-0.39, 0.29) is 44.2 Å². The number of carbonyl (C=O) groups is 3. The zero-order valence-electron chi connectivity index (χ0n) is 23.5. The van der Waals surface area contributed by atoms with Gasteiger partial charge in [-0.1, -0.05) is 18.2 Å². The van der Waals surface area contributed by atoms with E-state index in [2.05, 4.69) is 10.3 Å². The first-order valence-corrected chi connectivity index (χ1v) is 13.9. The van der Waals surface area contributed by atoms with Gasteiger partial charge in [-0.25, -0.2) is 0 Å². The number of aldehydes is 1.